The van der Waals surface area contributed by atoms with E-state index in [1.807, 2.05) is 0 Å². The first kappa shape index (κ1) is 16.2. The lowest BCUT2D eigenvalue weighted by Gasteiger charge is -2.34. The van der Waals surface area contributed by atoms with Crippen molar-refractivity contribution in [2.45, 2.75) is 65.1 Å². The van der Waals surface area contributed by atoms with Crippen LogP contribution in [0.25, 0.3) is 0 Å². The Kier molecular flexibility index (Phi) is 6.53. The van der Waals surface area contributed by atoms with Gasteiger partial charge in [0.05, 0.1) is 6.10 Å². The minimum Gasteiger partial charge on any atom is -0.387 e. The Morgan fingerprint density at radius 1 is 1.11 bits per heavy atom. The molecule has 0 saturated heterocycles. The molecule has 1 aromatic rings. The van der Waals surface area contributed by atoms with E-state index in [9.17, 15) is 5.11 Å². The Bertz CT molecular complexity index is 360. The Morgan fingerprint density at radius 2 is 1.68 bits per heavy atom. The minimum atomic E-state index is -0.421. The number of nitrogens with zero attached hydrogens (tertiary/aromatic N) is 1. The van der Waals surface area contributed by atoms with Crippen LogP contribution in [0.5, 0.6) is 0 Å². The number of hydrogen-bond acceptors (Lipinski definition) is 2. The van der Waals surface area contributed by atoms with Crippen LogP contribution in [-0.2, 0) is 6.42 Å². The second-order valence-electron chi connectivity index (χ2n) is 5.58. The van der Waals surface area contributed by atoms with Gasteiger partial charge in [-0.05, 0) is 44.9 Å². The van der Waals surface area contributed by atoms with Crippen LogP contribution < -0.4 is 0 Å². The van der Waals surface area contributed by atoms with Crippen LogP contribution in [0, 0.1) is 0 Å². The SMILES string of the molecule is CCCC(C)N(C)C(C)C(O)c1ccc(CC)cc1. The van der Waals surface area contributed by atoms with Crippen LogP contribution in [-0.4, -0.2) is 29.1 Å². The van der Waals surface area contributed by atoms with E-state index in [-0.39, 0.29) is 6.04 Å². The van der Waals surface area contributed by atoms with Crippen molar-refractivity contribution in [3.05, 3.63) is 35.4 Å². The standard InChI is InChI=1S/C17H29NO/c1-6-8-13(3)18(5)14(4)17(19)16-11-9-15(7-2)10-12-16/h9-14,17,19H,6-8H2,1-5H3. The number of hydrogen-bond donors (Lipinski definition) is 1. The van der Waals surface area contributed by atoms with Crippen molar-refractivity contribution in [2.75, 3.05) is 7.05 Å². The van der Waals surface area contributed by atoms with Gasteiger partial charge in [-0.1, -0.05) is 44.5 Å². The molecule has 1 aromatic carbocycles. The molecule has 0 radical (unpaired) electrons. The molecule has 1 rings (SSSR count). The fourth-order valence-electron chi connectivity index (χ4n) is 2.47. The Morgan fingerprint density at radius 3 is 2.16 bits per heavy atom. The molecule has 2 heteroatoms. The summed E-state index contributed by atoms with van der Waals surface area (Å²) in [5.74, 6) is 0. The molecular weight excluding hydrogens is 234 g/mol. The molecule has 0 bridgehead atoms. The summed E-state index contributed by atoms with van der Waals surface area (Å²) >= 11 is 0. The Labute approximate surface area is 118 Å². The first-order valence-corrected chi connectivity index (χ1v) is 7.50. The molecule has 0 amide bonds. The molecule has 0 fully saturated rings. The van der Waals surface area contributed by atoms with Crippen LogP contribution in [0.1, 0.15) is 57.8 Å². The lowest BCUT2D eigenvalue weighted by Crippen LogP contribution is -2.40. The van der Waals surface area contributed by atoms with E-state index in [4.69, 9.17) is 0 Å². The van der Waals surface area contributed by atoms with Crippen LogP contribution in [0.2, 0.25) is 0 Å². The average molecular weight is 263 g/mol. The number of likely N-dealkylation sites (N-methyl/N-ethyl adjacent to an activating group) is 1. The molecular formula is C17H29NO. The predicted molar refractivity (Wildman–Crippen MR) is 82.4 cm³/mol. The summed E-state index contributed by atoms with van der Waals surface area (Å²) in [4.78, 5) is 2.28. The van der Waals surface area contributed by atoms with E-state index in [1.165, 1.54) is 18.4 Å². The maximum atomic E-state index is 10.5. The van der Waals surface area contributed by atoms with E-state index in [2.05, 4.69) is 63.9 Å². The zero-order chi connectivity index (χ0) is 14.4. The summed E-state index contributed by atoms with van der Waals surface area (Å²) in [6, 6.07) is 8.97. The molecule has 1 N–H and O–H groups in total. The van der Waals surface area contributed by atoms with Crippen LogP contribution >= 0.6 is 0 Å². The van der Waals surface area contributed by atoms with E-state index in [1.54, 1.807) is 0 Å². The molecule has 108 valence electrons. The maximum absolute atomic E-state index is 10.5. The number of rotatable bonds is 7. The third-order valence-electron chi connectivity index (χ3n) is 4.23. The third-order valence-corrected chi connectivity index (χ3v) is 4.23. The molecule has 0 spiro atoms. The van der Waals surface area contributed by atoms with Gasteiger partial charge in [-0.15, -0.1) is 0 Å². The average Bonchev–Trinajstić information content (AvgIpc) is 2.45. The molecule has 0 aliphatic rings. The van der Waals surface area contributed by atoms with Crippen molar-refractivity contribution in [2.24, 2.45) is 0 Å². The molecule has 2 nitrogen and oxygen atoms in total. The highest BCUT2D eigenvalue weighted by molar-refractivity contribution is 5.24. The van der Waals surface area contributed by atoms with Crippen LogP contribution in [0.15, 0.2) is 24.3 Å². The zero-order valence-electron chi connectivity index (χ0n) is 13.1. The quantitative estimate of drug-likeness (QED) is 0.809. The summed E-state index contributed by atoms with van der Waals surface area (Å²) in [6.07, 6.45) is 2.97. The normalized spacial score (nSPS) is 16.4. The van der Waals surface area contributed by atoms with Gasteiger partial charge in [0.25, 0.3) is 0 Å². The van der Waals surface area contributed by atoms with Crippen molar-refractivity contribution < 1.29 is 5.11 Å². The predicted octanol–water partition coefficient (Wildman–Crippen LogP) is 3.79. The second-order valence-corrected chi connectivity index (χ2v) is 5.58. The van der Waals surface area contributed by atoms with E-state index >= 15 is 0 Å². The molecule has 0 saturated carbocycles. The first-order chi connectivity index (χ1) is 9.01. The van der Waals surface area contributed by atoms with Gasteiger partial charge in [-0.2, -0.15) is 0 Å². The second kappa shape index (κ2) is 7.66. The number of benzene rings is 1. The van der Waals surface area contributed by atoms with Crippen molar-refractivity contribution in [3.63, 3.8) is 0 Å². The smallest absolute Gasteiger partial charge is 0.0942 e. The van der Waals surface area contributed by atoms with E-state index < -0.39 is 6.10 Å². The number of aryl methyl sites for hydroxylation is 1. The molecule has 0 aliphatic carbocycles. The van der Waals surface area contributed by atoms with Gasteiger partial charge in [0.2, 0.25) is 0 Å². The number of aliphatic hydroxyl groups is 1. The largest absolute Gasteiger partial charge is 0.387 e. The lowest BCUT2D eigenvalue weighted by molar-refractivity contribution is 0.0509. The molecule has 0 aliphatic heterocycles. The fraction of sp³-hybridized carbons (Fsp3) is 0.647. The molecule has 19 heavy (non-hydrogen) atoms. The monoisotopic (exact) mass is 263 g/mol. The van der Waals surface area contributed by atoms with E-state index in [0.29, 0.717) is 6.04 Å². The third kappa shape index (κ3) is 4.32. The highest BCUT2D eigenvalue weighted by Crippen LogP contribution is 2.23. The van der Waals surface area contributed by atoms with Gasteiger partial charge in [-0.3, -0.25) is 4.90 Å². The van der Waals surface area contributed by atoms with Crippen LogP contribution in [0.4, 0.5) is 0 Å². The summed E-state index contributed by atoms with van der Waals surface area (Å²) in [7, 11) is 2.11. The fourth-order valence-corrected chi connectivity index (χ4v) is 2.47. The molecule has 3 unspecified atom stereocenters. The van der Waals surface area contributed by atoms with Crippen molar-refractivity contribution >= 4 is 0 Å². The molecule has 3 atom stereocenters. The lowest BCUT2D eigenvalue weighted by atomic mass is 9.99. The van der Waals surface area contributed by atoms with Crippen LogP contribution in [0.3, 0.4) is 0 Å². The van der Waals surface area contributed by atoms with E-state index in [0.717, 1.165) is 12.0 Å². The van der Waals surface area contributed by atoms with Crippen molar-refractivity contribution in [1.82, 2.24) is 4.90 Å². The zero-order valence-corrected chi connectivity index (χ0v) is 13.1. The summed E-state index contributed by atoms with van der Waals surface area (Å²) in [6.45, 7) is 8.68. The minimum absolute atomic E-state index is 0.133. The van der Waals surface area contributed by atoms with Gasteiger partial charge in [0, 0.05) is 12.1 Å². The molecule has 0 aromatic heterocycles. The maximum Gasteiger partial charge on any atom is 0.0942 e. The highest BCUT2D eigenvalue weighted by atomic mass is 16.3. The Balaban J connectivity index is 2.71. The topological polar surface area (TPSA) is 23.5 Å². The summed E-state index contributed by atoms with van der Waals surface area (Å²) in [5.41, 5.74) is 2.33. The number of aliphatic hydroxyl groups excluding tert-OH is 1. The highest BCUT2D eigenvalue weighted by Gasteiger charge is 2.23. The van der Waals surface area contributed by atoms with Crippen molar-refractivity contribution in [3.8, 4) is 0 Å². The van der Waals surface area contributed by atoms with Gasteiger partial charge >= 0.3 is 0 Å². The Hall–Kier alpha value is -0.860. The summed E-state index contributed by atoms with van der Waals surface area (Å²) < 4.78 is 0. The van der Waals surface area contributed by atoms with Gasteiger partial charge in [0.1, 0.15) is 0 Å². The first-order valence-electron chi connectivity index (χ1n) is 7.50. The van der Waals surface area contributed by atoms with Gasteiger partial charge in [-0.25, -0.2) is 0 Å². The van der Waals surface area contributed by atoms with Gasteiger partial charge < -0.3 is 5.11 Å². The summed E-state index contributed by atoms with van der Waals surface area (Å²) in [5, 5.41) is 10.5. The van der Waals surface area contributed by atoms with Gasteiger partial charge in [0.15, 0.2) is 0 Å². The van der Waals surface area contributed by atoms with Crippen molar-refractivity contribution in [1.29, 1.82) is 0 Å². The molecule has 0 heterocycles.